The highest BCUT2D eigenvalue weighted by Gasteiger charge is 2.39. The lowest BCUT2D eigenvalue weighted by Gasteiger charge is -2.36. The van der Waals surface area contributed by atoms with Crippen molar-refractivity contribution in [3.63, 3.8) is 0 Å². The molecule has 2 nitrogen and oxygen atoms in total. The third kappa shape index (κ3) is 1.83. The Morgan fingerprint density at radius 1 is 1.11 bits per heavy atom. The van der Waals surface area contributed by atoms with E-state index in [9.17, 15) is 4.79 Å². The number of hydrogen-bond donors (Lipinski definition) is 1. The zero-order valence-corrected chi connectivity index (χ0v) is 10.4. The van der Waals surface area contributed by atoms with Crippen molar-refractivity contribution in [1.29, 1.82) is 0 Å². The van der Waals surface area contributed by atoms with Crippen molar-refractivity contribution in [2.75, 3.05) is 0 Å². The van der Waals surface area contributed by atoms with Gasteiger partial charge in [-0.3, -0.25) is 4.79 Å². The maximum absolute atomic E-state index is 12.2. The van der Waals surface area contributed by atoms with Gasteiger partial charge in [0.1, 0.15) is 0 Å². The fraction of sp³-hybridized carbons (Fsp3) is 0.312. The molecular formula is C16H17NO. The van der Waals surface area contributed by atoms with Crippen molar-refractivity contribution in [3.05, 3.63) is 48.0 Å². The van der Waals surface area contributed by atoms with E-state index in [2.05, 4.69) is 18.2 Å². The Hall–Kier alpha value is -1.67. The lowest BCUT2D eigenvalue weighted by molar-refractivity contribution is -0.126. The quantitative estimate of drug-likeness (QED) is 0.895. The summed E-state index contributed by atoms with van der Waals surface area (Å²) in [5, 5.41) is 2.35. The van der Waals surface area contributed by atoms with Crippen LogP contribution in [0.15, 0.2) is 42.5 Å². The number of benzene rings is 2. The van der Waals surface area contributed by atoms with Crippen LogP contribution >= 0.6 is 0 Å². The number of Topliss-reactive ketones (excluding diaryl/α,β-unsaturated/α-hetero) is 1. The highest BCUT2D eigenvalue weighted by molar-refractivity contribution is 5.95. The summed E-state index contributed by atoms with van der Waals surface area (Å²) in [4.78, 5) is 12.2. The maximum atomic E-state index is 12.2. The van der Waals surface area contributed by atoms with Crippen LogP contribution in [0, 0.1) is 0 Å². The van der Waals surface area contributed by atoms with Crippen molar-refractivity contribution in [2.24, 2.45) is 5.73 Å². The van der Waals surface area contributed by atoms with Crippen LogP contribution in [0.2, 0.25) is 0 Å². The van der Waals surface area contributed by atoms with Crippen molar-refractivity contribution in [1.82, 2.24) is 0 Å². The third-order valence-corrected chi connectivity index (χ3v) is 4.03. The fourth-order valence-corrected chi connectivity index (χ4v) is 2.63. The maximum Gasteiger partial charge on any atom is 0.157 e. The normalized spacial score (nSPS) is 17.4. The van der Waals surface area contributed by atoms with Gasteiger partial charge in [0.25, 0.3) is 0 Å². The van der Waals surface area contributed by atoms with Crippen molar-refractivity contribution < 1.29 is 4.79 Å². The van der Waals surface area contributed by atoms with Gasteiger partial charge in [-0.2, -0.15) is 0 Å². The van der Waals surface area contributed by atoms with Crippen LogP contribution in [0.4, 0.5) is 0 Å². The summed E-state index contributed by atoms with van der Waals surface area (Å²) in [7, 11) is 0. The predicted octanol–water partition coefficient (Wildman–Crippen LogP) is 2.83. The van der Waals surface area contributed by atoms with Crippen molar-refractivity contribution in [2.45, 2.75) is 31.2 Å². The number of carbonyl (C=O) groups is 1. The number of carbonyl (C=O) groups excluding carboxylic acids is 1. The van der Waals surface area contributed by atoms with E-state index in [0.717, 1.165) is 30.2 Å². The van der Waals surface area contributed by atoms with Crippen LogP contribution in [-0.2, 0) is 11.2 Å². The number of ketones is 1. The third-order valence-electron chi connectivity index (χ3n) is 4.03. The van der Waals surface area contributed by atoms with Crippen LogP contribution in [0.5, 0.6) is 0 Å². The van der Waals surface area contributed by atoms with Gasteiger partial charge in [-0.25, -0.2) is 0 Å². The lowest BCUT2D eigenvalue weighted by Crippen LogP contribution is -2.54. The van der Waals surface area contributed by atoms with Gasteiger partial charge in [0.05, 0.1) is 5.54 Å². The van der Waals surface area contributed by atoms with Gasteiger partial charge in [0.15, 0.2) is 5.78 Å². The average molecular weight is 239 g/mol. The zero-order chi connectivity index (χ0) is 12.6. The Labute approximate surface area is 107 Å². The number of fused-ring (bicyclic) bond motifs is 1. The lowest BCUT2D eigenvalue weighted by atomic mass is 9.73. The largest absolute Gasteiger partial charge is 0.319 e. The highest BCUT2D eigenvalue weighted by atomic mass is 16.1. The standard InChI is InChI=1S/C16H17NO/c17-16(9-4-10-16)15(18)11-13-7-3-6-12-5-1-2-8-14(12)13/h1-3,5-8H,4,9-11,17H2. The van der Waals surface area contributed by atoms with E-state index in [1.54, 1.807) is 0 Å². The zero-order valence-electron chi connectivity index (χ0n) is 10.4. The second kappa shape index (κ2) is 4.21. The molecule has 0 atom stereocenters. The molecule has 0 heterocycles. The smallest absolute Gasteiger partial charge is 0.157 e. The number of nitrogens with two attached hydrogens (primary N) is 1. The molecule has 92 valence electrons. The second-order valence-electron chi connectivity index (χ2n) is 5.25. The van der Waals surface area contributed by atoms with Crippen LogP contribution in [0.3, 0.4) is 0 Å². The topological polar surface area (TPSA) is 43.1 Å². The molecule has 0 unspecified atom stereocenters. The van der Waals surface area contributed by atoms with Gasteiger partial charge in [0, 0.05) is 6.42 Å². The van der Waals surface area contributed by atoms with Crippen molar-refractivity contribution in [3.8, 4) is 0 Å². The van der Waals surface area contributed by atoms with E-state index in [0.29, 0.717) is 6.42 Å². The molecule has 2 aromatic rings. The molecule has 1 saturated carbocycles. The van der Waals surface area contributed by atoms with E-state index in [4.69, 9.17) is 5.73 Å². The minimum absolute atomic E-state index is 0.185. The monoisotopic (exact) mass is 239 g/mol. The van der Waals surface area contributed by atoms with Gasteiger partial charge in [-0.1, -0.05) is 42.5 Å². The molecule has 0 aromatic heterocycles. The molecular weight excluding hydrogens is 222 g/mol. The first-order valence-corrected chi connectivity index (χ1v) is 6.48. The van der Waals surface area contributed by atoms with Gasteiger partial charge < -0.3 is 5.73 Å². The van der Waals surface area contributed by atoms with Crippen molar-refractivity contribution >= 4 is 16.6 Å². The average Bonchev–Trinajstić information content (AvgIpc) is 2.36. The Morgan fingerprint density at radius 3 is 2.56 bits per heavy atom. The number of rotatable bonds is 3. The molecule has 3 rings (SSSR count). The van der Waals surface area contributed by atoms with Crippen LogP contribution in [0.25, 0.3) is 10.8 Å². The molecule has 0 bridgehead atoms. The molecule has 0 radical (unpaired) electrons. The molecule has 2 heteroatoms. The molecule has 2 N–H and O–H groups in total. The highest BCUT2D eigenvalue weighted by Crippen LogP contribution is 2.31. The first-order chi connectivity index (χ1) is 8.69. The molecule has 0 saturated heterocycles. The number of hydrogen-bond acceptors (Lipinski definition) is 2. The van der Waals surface area contributed by atoms with E-state index in [1.807, 2.05) is 24.3 Å². The molecule has 2 aromatic carbocycles. The molecule has 18 heavy (non-hydrogen) atoms. The Balaban J connectivity index is 1.93. The first kappa shape index (κ1) is 11.4. The summed E-state index contributed by atoms with van der Waals surface area (Å²) in [6, 6.07) is 14.3. The fourth-order valence-electron chi connectivity index (χ4n) is 2.63. The van der Waals surface area contributed by atoms with Crippen LogP contribution < -0.4 is 5.73 Å². The van der Waals surface area contributed by atoms with Crippen LogP contribution in [0.1, 0.15) is 24.8 Å². The Bertz CT molecular complexity index is 594. The van der Waals surface area contributed by atoms with E-state index >= 15 is 0 Å². The molecule has 1 fully saturated rings. The van der Waals surface area contributed by atoms with E-state index in [-0.39, 0.29) is 5.78 Å². The van der Waals surface area contributed by atoms with Crippen LogP contribution in [-0.4, -0.2) is 11.3 Å². The summed E-state index contributed by atoms with van der Waals surface area (Å²) in [5.41, 5.74) is 6.64. The van der Waals surface area contributed by atoms with E-state index in [1.165, 1.54) is 5.39 Å². The van der Waals surface area contributed by atoms with Gasteiger partial charge >= 0.3 is 0 Å². The first-order valence-electron chi connectivity index (χ1n) is 6.48. The minimum atomic E-state index is -0.545. The molecule has 1 aliphatic carbocycles. The minimum Gasteiger partial charge on any atom is -0.319 e. The molecule has 0 spiro atoms. The van der Waals surface area contributed by atoms with E-state index < -0.39 is 5.54 Å². The van der Waals surface area contributed by atoms with Gasteiger partial charge in [0.2, 0.25) is 0 Å². The molecule has 0 aliphatic heterocycles. The second-order valence-corrected chi connectivity index (χ2v) is 5.25. The SMILES string of the molecule is NC1(C(=O)Cc2cccc3ccccc23)CCC1. The summed E-state index contributed by atoms with van der Waals surface area (Å²) in [6.45, 7) is 0. The molecule has 1 aliphatic rings. The summed E-state index contributed by atoms with van der Waals surface area (Å²) < 4.78 is 0. The summed E-state index contributed by atoms with van der Waals surface area (Å²) >= 11 is 0. The Kier molecular flexibility index (Phi) is 2.67. The summed E-state index contributed by atoms with van der Waals surface area (Å²) in [6.07, 6.45) is 3.23. The predicted molar refractivity (Wildman–Crippen MR) is 73.4 cm³/mol. The summed E-state index contributed by atoms with van der Waals surface area (Å²) in [5.74, 6) is 0.185. The van der Waals surface area contributed by atoms with Gasteiger partial charge in [-0.05, 0) is 35.6 Å². The van der Waals surface area contributed by atoms with Gasteiger partial charge in [-0.15, -0.1) is 0 Å². The molecule has 0 amide bonds. The Morgan fingerprint density at radius 2 is 1.83 bits per heavy atom.